The number of aromatic nitrogens is 4. The van der Waals surface area contributed by atoms with E-state index >= 15 is 8.78 Å². The monoisotopic (exact) mass is 753 g/mol. The van der Waals surface area contributed by atoms with Gasteiger partial charge in [-0.25, -0.2) is 41.0 Å². The van der Waals surface area contributed by atoms with Crippen LogP contribution >= 0.6 is 0 Å². The number of hydrogen-bond acceptors (Lipinski definition) is 10. The number of nitrogens with zero attached hydrogens (tertiary/aromatic N) is 5. The van der Waals surface area contributed by atoms with Crippen LogP contribution in [0.4, 0.5) is 23.7 Å². The van der Waals surface area contributed by atoms with E-state index in [0.29, 0.717) is 47.6 Å². The van der Waals surface area contributed by atoms with E-state index in [4.69, 9.17) is 24.0 Å². The zero-order valence-electron chi connectivity index (χ0n) is 29.7. The number of amides is 1. The van der Waals surface area contributed by atoms with Gasteiger partial charge in [0.05, 0.1) is 30.8 Å². The van der Waals surface area contributed by atoms with Crippen LogP contribution in [0.15, 0.2) is 65.8 Å². The summed E-state index contributed by atoms with van der Waals surface area (Å²) < 4.78 is 98.6. The lowest BCUT2D eigenvalue weighted by atomic mass is 10.0. The van der Waals surface area contributed by atoms with E-state index in [-0.39, 0.29) is 16.3 Å². The Morgan fingerprint density at radius 3 is 2.47 bits per heavy atom. The van der Waals surface area contributed by atoms with Gasteiger partial charge in [-0.05, 0) is 64.7 Å². The van der Waals surface area contributed by atoms with Crippen LogP contribution in [0.2, 0.25) is 0 Å². The number of methoxy groups -OCH3 is 1. The molecular formula is C37H38F3N5O7S. The summed E-state index contributed by atoms with van der Waals surface area (Å²) in [5.41, 5.74) is -0.0804. The Morgan fingerprint density at radius 1 is 1.04 bits per heavy atom. The minimum Gasteiger partial charge on any atom is -0.487 e. The fourth-order valence-electron chi connectivity index (χ4n) is 6.05. The van der Waals surface area contributed by atoms with Crippen molar-refractivity contribution in [2.45, 2.75) is 76.7 Å². The van der Waals surface area contributed by atoms with Crippen molar-refractivity contribution in [3.05, 3.63) is 101 Å². The van der Waals surface area contributed by atoms with Crippen molar-refractivity contribution in [1.82, 2.24) is 19.7 Å². The normalized spacial score (nSPS) is 15.0. The molecule has 280 valence electrons. The van der Waals surface area contributed by atoms with Crippen molar-refractivity contribution in [2.24, 2.45) is 0 Å². The average molecular weight is 754 g/mol. The number of carbonyl (C=O) groups excluding carboxylic acids is 1. The van der Waals surface area contributed by atoms with E-state index in [0.717, 1.165) is 44.1 Å². The van der Waals surface area contributed by atoms with Gasteiger partial charge in [0.1, 0.15) is 35.3 Å². The Morgan fingerprint density at radius 2 is 1.79 bits per heavy atom. The summed E-state index contributed by atoms with van der Waals surface area (Å²) in [5.74, 6) is -3.99. The first-order chi connectivity index (χ1) is 25.2. The van der Waals surface area contributed by atoms with Crippen LogP contribution < -0.4 is 13.8 Å². The van der Waals surface area contributed by atoms with Gasteiger partial charge in [0.15, 0.2) is 22.6 Å². The van der Waals surface area contributed by atoms with Crippen LogP contribution in [-0.4, -0.2) is 53.6 Å². The topological polar surface area (TPSA) is 135 Å². The van der Waals surface area contributed by atoms with Gasteiger partial charge in [0.25, 0.3) is 10.0 Å². The molecule has 0 N–H and O–H groups in total. The zero-order chi connectivity index (χ0) is 38.1. The van der Waals surface area contributed by atoms with E-state index in [2.05, 4.69) is 9.97 Å². The summed E-state index contributed by atoms with van der Waals surface area (Å²) in [5, 5.41) is 5.44. The fourth-order valence-corrected chi connectivity index (χ4v) is 7.50. The smallest absolute Gasteiger partial charge is 0.429 e. The lowest BCUT2D eigenvalue weighted by molar-refractivity contribution is -0.0371. The van der Waals surface area contributed by atoms with Crippen LogP contribution in [0.1, 0.15) is 68.6 Å². The summed E-state index contributed by atoms with van der Waals surface area (Å²) in [7, 11) is -4.11. The van der Waals surface area contributed by atoms with Crippen LogP contribution in [0.5, 0.6) is 11.6 Å². The molecule has 1 unspecified atom stereocenters. The number of fused-ring (bicyclic) bond motifs is 1. The SMILES string of the molecule is COc1ncc(F)cc1S(=O)(=O)N(C(=O)OC(C)(C)C)c1ccc(F)c(COc2cnc3c(c(C)nn3C3CCCCO3)c2Cc2ccccc2)c1F. The Kier molecular flexibility index (Phi) is 10.6. The molecule has 3 aromatic heterocycles. The van der Waals surface area contributed by atoms with Crippen molar-refractivity contribution in [2.75, 3.05) is 18.0 Å². The predicted molar refractivity (Wildman–Crippen MR) is 188 cm³/mol. The Balaban J connectivity index is 1.43. The molecule has 53 heavy (non-hydrogen) atoms. The van der Waals surface area contributed by atoms with Crippen molar-refractivity contribution in [3.63, 3.8) is 0 Å². The van der Waals surface area contributed by atoms with Crippen LogP contribution in [0, 0.1) is 24.4 Å². The van der Waals surface area contributed by atoms with Gasteiger partial charge < -0.3 is 18.9 Å². The molecule has 1 amide bonds. The lowest BCUT2D eigenvalue weighted by Crippen LogP contribution is -2.42. The molecule has 5 aromatic rings. The van der Waals surface area contributed by atoms with Crippen molar-refractivity contribution >= 4 is 32.8 Å². The van der Waals surface area contributed by atoms with Crippen molar-refractivity contribution in [1.29, 1.82) is 0 Å². The molecule has 1 saturated heterocycles. The van der Waals surface area contributed by atoms with Crippen molar-refractivity contribution < 1.29 is 45.3 Å². The fraction of sp³-hybridized carbons (Fsp3) is 0.351. The minimum absolute atomic E-state index is 0.0188. The molecule has 2 aromatic carbocycles. The number of ether oxygens (including phenoxy) is 4. The highest BCUT2D eigenvalue weighted by atomic mass is 32.2. The average Bonchev–Trinajstić information content (AvgIpc) is 3.46. The minimum atomic E-state index is -5.19. The van der Waals surface area contributed by atoms with Gasteiger partial charge >= 0.3 is 6.09 Å². The zero-order valence-corrected chi connectivity index (χ0v) is 30.5. The van der Waals surface area contributed by atoms with E-state index in [1.165, 1.54) is 27.0 Å². The number of anilines is 1. The number of aryl methyl sites for hydroxylation is 1. The largest absolute Gasteiger partial charge is 0.487 e. The van der Waals surface area contributed by atoms with Gasteiger partial charge in [-0.1, -0.05) is 30.3 Å². The molecule has 0 spiro atoms. The third-order valence-corrected chi connectivity index (χ3v) is 10.1. The van der Waals surface area contributed by atoms with Gasteiger partial charge in [0.2, 0.25) is 5.88 Å². The number of halogens is 3. The first kappa shape index (κ1) is 37.5. The quantitative estimate of drug-likeness (QED) is 0.141. The molecule has 0 bridgehead atoms. The van der Waals surface area contributed by atoms with Gasteiger partial charge in [0, 0.05) is 30.0 Å². The molecule has 4 heterocycles. The second kappa shape index (κ2) is 15.0. The number of rotatable bonds is 10. The first-order valence-corrected chi connectivity index (χ1v) is 18.2. The van der Waals surface area contributed by atoms with E-state index in [9.17, 15) is 17.6 Å². The van der Waals surface area contributed by atoms with Gasteiger partial charge in [-0.15, -0.1) is 0 Å². The molecule has 16 heteroatoms. The maximum atomic E-state index is 16.6. The van der Waals surface area contributed by atoms with Crippen LogP contribution in [0.25, 0.3) is 11.0 Å². The van der Waals surface area contributed by atoms with Crippen LogP contribution in [-0.2, 0) is 32.5 Å². The highest BCUT2D eigenvalue weighted by Gasteiger charge is 2.40. The maximum Gasteiger partial charge on any atom is 0.429 e. The highest BCUT2D eigenvalue weighted by Crippen LogP contribution is 2.37. The summed E-state index contributed by atoms with van der Waals surface area (Å²) >= 11 is 0. The second-order valence-electron chi connectivity index (χ2n) is 13.4. The van der Waals surface area contributed by atoms with Gasteiger partial charge in [-0.2, -0.15) is 9.40 Å². The molecule has 12 nitrogen and oxygen atoms in total. The van der Waals surface area contributed by atoms with E-state index < -0.39 is 67.8 Å². The molecule has 0 saturated carbocycles. The molecule has 1 aliphatic heterocycles. The number of benzene rings is 2. The number of carbonyl (C=O) groups is 1. The third-order valence-electron chi connectivity index (χ3n) is 8.43. The molecule has 0 radical (unpaired) electrons. The summed E-state index contributed by atoms with van der Waals surface area (Å²) in [4.78, 5) is 20.9. The van der Waals surface area contributed by atoms with E-state index in [1.54, 1.807) is 4.68 Å². The highest BCUT2D eigenvalue weighted by molar-refractivity contribution is 7.93. The molecule has 1 fully saturated rings. The Bertz CT molecular complexity index is 2260. The standard InChI is InChI=1S/C37H38F3N5O7S/c1-22-32-25(17-23-11-7-6-8-12-23)29(20-41-34(32)44(43-22)31-13-9-10-16-50-31)51-21-26-27(39)14-15-28(33(26)40)45(36(46)52-37(2,3)4)53(47,48)30-18-24(38)19-42-35(30)49-5/h6-8,11-12,14-15,18-20,31H,9-10,13,16-17,21H2,1-5H3. The third kappa shape index (κ3) is 7.78. The molecule has 0 aliphatic carbocycles. The molecule has 6 rings (SSSR count). The predicted octanol–water partition coefficient (Wildman–Crippen LogP) is 7.56. The second-order valence-corrected chi connectivity index (χ2v) is 15.1. The van der Waals surface area contributed by atoms with Crippen LogP contribution in [0.3, 0.4) is 0 Å². The summed E-state index contributed by atoms with van der Waals surface area (Å²) in [6.07, 6.45) is 3.34. The first-order valence-electron chi connectivity index (χ1n) is 16.8. The Labute approximate surface area is 304 Å². The maximum absolute atomic E-state index is 16.6. The van der Waals surface area contributed by atoms with E-state index in [1.807, 2.05) is 37.3 Å². The van der Waals surface area contributed by atoms with Gasteiger partial charge in [-0.3, -0.25) is 0 Å². The number of hydrogen-bond donors (Lipinski definition) is 0. The van der Waals surface area contributed by atoms with Crippen molar-refractivity contribution in [3.8, 4) is 11.6 Å². The number of pyridine rings is 2. The lowest BCUT2D eigenvalue weighted by Gasteiger charge is -2.28. The number of sulfonamides is 1. The Hall–Kier alpha value is -5.22. The molecular weight excluding hydrogens is 715 g/mol. The molecule has 1 atom stereocenters. The summed E-state index contributed by atoms with van der Waals surface area (Å²) in [6, 6.07) is 11.6. The molecule has 1 aliphatic rings. The summed E-state index contributed by atoms with van der Waals surface area (Å²) in [6.45, 7) is 6.08.